The average molecular weight is 273 g/mol. The number of fused-ring (bicyclic) bond motifs is 1. The smallest absolute Gasteiger partial charge is 0.324 e. The molecule has 0 amide bonds. The molecule has 0 spiro atoms. The largest absolute Gasteiger partial charge is 0.449 e. The molecule has 0 bridgehead atoms. The molecule has 0 atom stereocenters. The van der Waals surface area contributed by atoms with E-state index in [1.54, 1.807) is 0 Å². The molecule has 1 fully saturated rings. The minimum absolute atomic E-state index is 0.453. The van der Waals surface area contributed by atoms with E-state index < -0.39 is 12.0 Å². The van der Waals surface area contributed by atoms with Crippen molar-refractivity contribution in [3.05, 3.63) is 17.2 Å². The molecular formula is C13H18F3N3. The number of nitrogens with zero attached hydrogens (tertiary/aromatic N) is 2. The minimum Gasteiger partial charge on any atom is -0.324 e. The second-order valence-electron chi connectivity index (χ2n) is 5.49. The van der Waals surface area contributed by atoms with Gasteiger partial charge in [0.15, 0.2) is 0 Å². The lowest BCUT2D eigenvalue weighted by molar-refractivity contribution is -0.147. The van der Waals surface area contributed by atoms with Gasteiger partial charge in [0.05, 0.1) is 5.69 Å². The molecule has 1 aliphatic carbocycles. The van der Waals surface area contributed by atoms with Gasteiger partial charge in [0.25, 0.3) is 0 Å². The summed E-state index contributed by atoms with van der Waals surface area (Å²) in [6, 6.07) is 0. The lowest BCUT2D eigenvalue weighted by Crippen LogP contribution is -2.26. The third-order valence-corrected chi connectivity index (χ3v) is 4.23. The van der Waals surface area contributed by atoms with E-state index in [9.17, 15) is 13.2 Å². The number of halogens is 3. The highest BCUT2D eigenvalue weighted by molar-refractivity contribution is 5.21. The quantitative estimate of drug-likeness (QED) is 0.917. The first kappa shape index (κ1) is 13.0. The molecule has 106 valence electrons. The Morgan fingerprint density at radius 2 is 2.11 bits per heavy atom. The zero-order valence-electron chi connectivity index (χ0n) is 10.8. The molecule has 0 radical (unpaired) electrons. The predicted molar refractivity (Wildman–Crippen MR) is 64.6 cm³/mol. The van der Waals surface area contributed by atoms with Crippen LogP contribution in [-0.2, 0) is 25.7 Å². The average Bonchev–Trinajstić information content (AvgIpc) is 2.66. The van der Waals surface area contributed by atoms with E-state index in [0.717, 1.165) is 18.7 Å². The third-order valence-electron chi connectivity index (χ3n) is 4.23. The molecule has 0 saturated heterocycles. The fourth-order valence-electron chi connectivity index (χ4n) is 2.92. The van der Waals surface area contributed by atoms with Crippen LogP contribution in [0.4, 0.5) is 13.2 Å². The number of alkyl halides is 3. The summed E-state index contributed by atoms with van der Waals surface area (Å²) < 4.78 is 40.6. The Labute approximate surface area is 110 Å². The SMILES string of the molecule is FC(F)(F)c1nc2c(n1CCC1CCC1)CCNC2. The summed E-state index contributed by atoms with van der Waals surface area (Å²) in [5.41, 5.74) is 1.36. The highest BCUT2D eigenvalue weighted by Crippen LogP contribution is 2.34. The topological polar surface area (TPSA) is 29.9 Å². The molecule has 3 rings (SSSR count). The standard InChI is InChI=1S/C13H18F3N3/c14-13(15,16)12-18-10-8-17-6-4-11(10)19(12)7-5-9-2-1-3-9/h9,17H,1-8H2. The molecule has 2 aliphatic rings. The Balaban J connectivity index is 1.87. The highest BCUT2D eigenvalue weighted by Gasteiger charge is 2.39. The van der Waals surface area contributed by atoms with Crippen molar-refractivity contribution in [2.24, 2.45) is 5.92 Å². The number of imidazole rings is 1. The maximum atomic E-state index is 13.1. The molecule has 1 aromatic heterocycles. The van der Waals surface area contributed by atoms with Crippen molar-refractivity contribution < 1.29 is 13.2 Å². The zero-order valence-corrected chi connectivity index (χ0v) is 10.8. The van der Waals surface area contributed by atoms with Crippen molar-refractivity contribution in [3.63, 3.8) is 0 Å². The van der Waals surface area contributed by atoms with Crippen molar-refractivity contribution in [3.8, 4) is 0 Å². The number of hydrogen-bond donors (Lipinski definition) is 1. The lowest BCUT2D eigenvalue weighted by atomic mass is 9.83. The van der Waals surface area contributed by atoms with Crippen molar-refractivity contribution in [2.45, 2.75) is 51.4 Å². The molecular weight excluding hydrogens is 255 g/mol. The Kier molecular flexibility index (Phi) is 3.28. The number of nitrogens with one attached hydrogen (secondary N) is 1. The van der Waals surface area contributed by atoms with Gasteiger partial charge in [0.1, 0.15) is 0 Å². The van der Waals surface area contributed by atoms with E-state index in [-0.39, 0.29) is 0 Å². The van der Waals surface area contributed by atoms with E-state index in [4.69, 9.17) is 0 Å². The molecule has 6 heteroatoms. The van der Waals surface area contributed by atoms with Gasteiger partial charge in [-0.15, -0.1) is 0 Å². The van der Waals surface area contributed by atoms with Gasteiger partial charge in [-0.3, -0.25) is 0 Å². The van der Waals surface area contributed by atoms with Crippen LogP contribution >= 0.6 is 0 Å². The summed E-state index contributed by atoms with van der Waals surface area (Å²) in [7, 11) is 0. The van der Waals surface area contributed by atoms with Gasteiger partial charge < -0.3 is 9.88 Å². The number of rotatable bonds is 3. The Bertz CT molecular complexity index is 460. The Hall–Kier alpha value is -1.04. The van der Waals surface area contributed by atoms with Crippen LogP contribution in [-0.4, -0.2) is 16.1 Å². The van der Waals surface area contributed by atoms with Crippen LogP contribution in [0.5, 0.6) is 0 Å². The van der Waals surface area contributed by atoms with Crippen molar-refractivity contribution >= 4 is 0 Å². The Morgan fingerprint density at radius 1 is 1.32 bits per heavy atom. The number of aromatic nitrogens is 2. The first-order chi connectivity index (χ1) is 9.05. The minimum atomic E-state index is -4.35. The Morgan fingerprint density at radius 3 is 2.74 bits per heavy atom. The fraction of sp³-hybridized carbons (Fsp3) is 0.769. The van der Waals surface area contributed by atoms with Crippen LogP contribution in [0.25, 0.3) is 0 Å². The van der Waals surface area contributed by atoms with Crippen LogP contribution in [0.1, 0.15) is 42.9 Å². The van der Waals surface area contributed by atoms with Gasteiger partial charge in [0.2, 0.25) is 5.82 Å². The maximum absolute atomic E-state index is 13.1. The van der Waals surface area contributed by atoms with Crippen LogP contribution in [0.3, 0.4) is 0 Å². The molecule has 0 aromatic carbocycles. The maximum Gasteiger partial charge on any atom is 0.449 e. The fourth-order valence-corrected chi connectivity index (χ4v) is 2.92. The summed E-state index contributed by atoms with van der Waals surface area (Å²) in [6.45, 7) is 1.65. The van der Waals surface area contributed by atoms with Gasteiger partial charge in [-0.25, -0.2) is 4.98 Å². The molecule has 1 aliphatic heterocycles. The summed E-state index contributed by atoms with van der Waals surface area (Å²) in [5, 5.41) is 3.08. The number of hydrogen-bond acceptors (Lipinski definition) is 2. The summed E-state index contributed by atoms with van der Waals surface area (Å²) in [5.74, 6) is -0.0960. The van der Waals surface area contributed by atoms with Gasteiger partial charge in [-0.2, -0.15) is 13.2 Å². The lowest BCUT2D eigenvalue weighted by Gasteiger charge is -2.26. The van der Waals surface area contributed by atoms with Gasteiger partial charge >= 0.3 is 6.18 Å². The van der Waals surface area contributed by atoms with Crippen molar-refractivity contribution in [2.75, 3.05) is 6.54 Å². The highest BCUT2D eigenvalue weighted by atomic mass is 19.4. The molecule has 0 unspecified atom stereocenters. The molecule has 19 heavy (non-hydrogen) atoms. The second kappa shape index (κ2) is 4.81. The van der Waals surface area contributed by atoms with E-state index in [1.165, 1.54) is 23.8 Å². The monoisotopic (exact) mass is 273 g/mol. The van der Waals surface area contributed by atoms with Gasteiger partial charge in [-0.1, -0.05) is 19.3 Å². The summed E-state index contributed by atoms with van der Waals surface area (Å²) >= 11 is 0. The molecule has 1 N–H and O–H groups in total. The normalized spacial score (nSPS) is 20.2. The molecule has 2 heterocycles. The van der Waals surface area contributed by atoms with E-state index in [1.807, 2.05) is 0 Å². The van der Waals surface area contributed by atoms with Crippen molar-refractivity contribution in [1.29, 1.82) is 0 Å². The van der Waals surface area contributed by atoms with Gasteiger partial charge in [0, 0.05) is 31.7 Å². The second-order valence-corrected chi connectivity index (χ2v) is 5.49. The van der Waals surface area contributed by atoms with E-state index in [2.05, 4.69) is 10.3 Å². The summed E-state index contributed by atoms with van der Waals surface area (Å²) in [6.07, 6.45) is 0.696. The van der Waals surface area contributed by atoms with Crippen LogP contribution in [0.15, 0.2) is 0 Å². The van der Waals surface area contributed by atoms with E-state index >= 15 is 0 Å². The van der Waals surface area contributed by atoms with Crippen LogP contribution < -0.4 is 5.32 Å². The first-order valence-electron chi connectivity index (χ1n) is 6.92. The molecule has 1 aromatic rings. The van der Waals surface area contributed by atoms with Crippen LogP contribution in [0.2, 0.25) is 0 Å². The summed E-state index contributed by atoms with van der Waals surface area (Å²) in [4.78, 5) is 3.82. The third kappa shape index (κ3) is 2.50. The molecule has 3 nitrogen and oxygen atoms in total. The van der Waals surface area contributed by atoms with Crippen molar-refractivity contribution in [1.82, 2.24) is 14.9 Å². The molecule has 1 saturated carbocycles. The van der Waals surface area contributed by atoms with Crippen LogP contribution in [0, 0.1) is 5.92 Å². The van der Waals surface area contributed by atoms with Gasteiger partial charge in [-0.05, 0) is 12.3 Å². The predicted octanol–water partition coefficient (Wildman–Crippen LogP) is 2.74. The first-order valence-corrected chi connectivity index (χ1v) is 6.92. The zero-order chi connectivity index (χ0) is 13.5. The van der Waals surface area contributed by atoms with E-state index in [0.29, 0.717) is 31.1 Å².